The van der Waals surface area contributed by atoms with Gasteiger partial charge in [-0.3, -0.25) is 9.59 Å². The third kappa shape index (κ3) is 4.29. The smallest absolute Gasteiger partial charge is 0.239 e. The van der Waals surface area contributed by atoms with Crippen LogP contribution in [0.4, 0.5) is 5.69 Å². The molecule has 0 aromatic heterocycles. The molecule has 2 aliphatic heterocycles. The number of halogens is 2. The number of para-hydroxylation sites is 1. The van der Waals surface area contributed by atoms with Gasteiger partial charge in [-0.1, -0.05) is 12.1 Å². The molecule has 1 aromatic carbocycles. The average Bonchev–Trinajstić information content (AvgIpc) is 2.95. The van der Waals surface area contributed by atoms with Gasteiger partial charge in [0.1, 0.15) is 5.92 Å². The molecule has 0 radical (unpaired) electrons. The molecule has 0 aliphatic carbocycles. The zero-order valence-corrected chi connectivity index (χ0v) is 15.9. The van der Waals surface area contributed by atoms with Crippen LogP contribution in [0.25, 0.3) is 0 Å². The fourth-order valence-electron chi connectivity index (χ4n) is 3.30. The number of amides is 2. The van der Waals surface area contributed by atoms with E-state index in [-0.39, 0.29) is 24.2 Å². The van der Waals surface area contributed by atoms with Gasteiger partial charge in [0.05, 0.1) is 5.69 Å². The van der Waals surface area contributed by atoms with Gasteiger partial charge >= 0.3 is 0 Å². The number of nitrogens with zero attached hydrogens (tertiary/aromatic N) is 1. The van der Waals surface area contributed by atoms with Gasteiger partial charge in [-0.05, 0) is 66.3 Å². The summed E-state index contributed by atoms with van der Waals surface area (Å²) >= 11 is 3.47. The van der Waals surface area contributed by atoms with Crippen molar-refractivity contribution in [3.8, 4) is 0 Å². The molecule has 3 rings (SSSR count). The molecule has 7 heteroatoms. The van der Waals surface area contributed by atoms with Gasteiger partial charge in [-0.15, -0.1) is 12.4 Å². The second kappa shape index (κ2) is 8.83. The van der Waals surface area contributed by atoms with E-state index in [1.165, 1.54) is 0 Å². The number of piperidine rings is 1. The maximum Gasteiger partial charge on any atom is 0.239 e. The molecule has 5 nitrogen and oxygen atoms in total. The number of rotatable bonds is 4. The quantitative estimate of drug-likeness (QED) is 0.741. The highest BCUT2D eigenvalue weighted by Crippen LogP contribution is 2.31. The van der Waals surface area contributed by atoms with Gasteiger partial charge in [0, 0.05) is 17.6 Å². The Labute approximate surface area is 157 Å². The maximum atomic E-state index is 12.6. The summed E-state index contributed by atoms with van der Waals surface area (Å²) in [7, 11) is 0. The van der Waals surface area contributed by atoms with E-state index in [2.05, 4.69) is 26.6 Å². The lowest BCUT2D eigenvalue weighted by Crippen LogP contribution is -2.42. The Hall–Kier alpha value is -1.11. The van der Waals surface area contributed by atoms with E-state index in [1.54, 1.807) is 4.90 Å². The molecular weight excluding hydrogens is 394 g/mol. The maximum absolute atomic E-state index is 12.6. The molecule has 2 saturated heterocycles. The average molecular weight is 417 g/mol. The Balaban J connectivity index is 0.00000208. The zero-order valence-electron chi connectivity index (χ0n) is 13.5. The number of carbonyl (C=O) groups is 2. The first-order valence-electron chi connectivity index (χ1n) is 8.21. The van der Waals surface area contributed by atoms with Crippen LogP contribution >= 0.6 is 28.3 Å². The molecule has 0 bridgehead atoms. The van der Waals surface area contributed by atoms with Crippen molar-refractivity contribution in [1.29, 1.82) is 0 Å². The summed E-state index contributed by atoms with van der Waals surface area (Å²) in [6, 6.07) is 7.62. The van der Waals surface area contributed by atoms with Crippen LogP contribution in [0.5, 0.6) is 0 Å². The van der Waals surface area contributed by atoms with Crippen LogP contribution < -0.4 is 15.5 Å². The van der Waals surface area contributed by atoms with Crippen molar-refractivity contribution >= 4 is 45.8 Å². The number of nitrogens with one attached hydrogen (secondary N) is 2. The van der Waals surface area contributed by atoms with Gasteiger partial charge in [0.15, 0.2) is 0 Å². The molecule has 1 aromatic rings. The minimum atomic E-state index is -0.557. The number of hydrogen-bond donors (Lipinski definition) is 2. The summed E-state index contributed by atoms with van der Waals surface area (Å²) in [6.45, 7) is 3.25. The van der Waals surface area contributed by atoms with Crippen molar-refractivity contribution in [3.63, 3.8) is 0 Å². The van der Waals surface area contributed by atoms with Crippen LogP contribution in [0.3, 0.4) is 0 Å². The molecule has 24 heavy (non-hydrogen) atoms. The molecular formula is C17H23BrClN3O2. The van der Waals surface area contributed by atoms with Crippen molar-refractivity contribution < 1.29 is 9.59 Å². The molecule has 2 atom stereocenters. The Bertz CT molecular complexity index is 593. The molecule has 0 spiro atoms. The van der Waals surface area contributed by atoms with Gasteiger partial charge < -0.3 is 15.5 Å². The number of anilines is 1. The van der Waals surface area contributed by atoms with Crippen LogP contribution in [0.15, 0.2) is 28.7 Å². The van der Waals surface area contributed by atoms with Crippen LogP contribution in [0.2, 0.25) is 0 Å². The van der Waals surface area contributed by atoms with E-state index in [9.17, 15) is 9.59 Å². The summed E-state index contributed by atoms with van der Waals surface area (Å²) in [6.07, 6.45) is 2.86. The standard InChI is InChI=1S/C17H22BrN3O2.ClH/c18-14-5-1-2-6-15(14)21-9-7-13(17(21)23)16(22)20-11-12-4-3-8-19-10-12;/h1-2,5-6,12-13,19H,3-4,7-11H2,(H,20,22);1H. The molecule has 0 saturated carbocycles. The first kappa shape index (κ1) is 19.2. The molecule has 2 amide bonds. The second-order valence-corrected chi connectivity index (χ2v) is 7.09. The largest absolute Gasteiger partial charge is 0.355 e. The molecule has 132 valence electrons. The SMILES string of the molecule is Cl.O=C(NCC1CCCNC1)C1CCN(c2ccccc2Br)C1=O. The number of hydrogen-bond acceptors (Lipinski definition) is 3. The highest BCUT2D eigenvalue weighted by atomic mass is 79.9. The third-order valence-electron chi connectivity index (χ3n) is 4.63. The van der Waals surface area contributed by atoms with Crippen molar-refractivity contribution in [2.75, 3.05) is 31.1 Å². The Morgan fingerprint density at radius 3 is 2.83 bits per heavy atom. The first-order chi connectivity index (χ1) is 11.2. The summed E-state index contributed by atoms with van der Waals surface area (Å²) < 4.78 is 0.877. The summed E-state index contributed by atoms with van der Waals surface area (Å²) in [5, 5.41) is 6.31. The number of benzene rings is 1. The Morgan fingerprint density at radius 1 is 1.33 bits per heavy atom. The Kier molecular flexibility index (Phi) is 7.07. The predicted molar refractivity (Wildman–Crippen MR) is 100 cm³/mol. The topological polar surface area (TPSA) is 61.4 Å². The summed E-state index contributed by atoms with van der Waals surface area (Å²) in [5.74, 6) is -0.312. The van der Waals surface area contributed by atoms with Gasteiger partial charge in [0.2, 0.25) is 11.8 Å². The van der Waals surface area contributed by atoms with E-state index in [0.717, 1.165) is 36.1 Å². The van der Waals surface area contributed by atoms with Gasteiger partial charge in [-0.2, -0.15) is 0 Å². The predicted octanol–water partition coefficient (Wildman–Crippen LogP) is 2.34. The molecule has 2 N–H and O–H groups in total. The highest BCUT2D eigenvalue weighted by molar-refractivity contribution is 9.10. The van der Waals surface area contributed by atoms with E-state index in [4.69, 9.17) is 0 Å². The molecule has 2 heterocycles. The van der Waals surface area contributed by atoms with Crippen molar-refractivity contribution in [2.24, 2.45) is 11.8 Å². The lowest BCUT2D eigenvalue weighted by Gasteiger charge is -2.23. The van der Waals surface area contributed by atoms with Gasteiger partial charge in [-0.25, -0.2) is 0 Å². The van der Waals surface area contributed by atoms with Crippen LogP contribution in [-0.4, -0.2) is 38.0 Å². The summed E-state index contributed by atoms with van der Waals surface area (Å²) in [5.41, 5.74) is 0.837. The fraction of sp³-hybridized carbons (Fsp3) is 0.529. The fourth-order valence-corrected chi connectivity index (χ4v) is 3.80. The zero-order chi connectivity index (χ0) is 16.2. The van der Waals surface area contributed by atoms with Crippen molar-refractivity contribution in [2.45, 2.75) is 19.3 Å². The second-order valence-electron chi connectivity index (χ2n) is 6.24. The summed E-state index contributed by atoms with van der Waals surface area (Å²) in [4.78, 5) is 26.7. The monoisotopic (exact) mass is 415 g/mol. The Morgan fingerprint density at radius 2 is 2.12 bits per heavy atom. The van der Waals surface area contributed by atoms with E-state index in [0.29, 0.717) is 25.4 Å². The third-order valence-corrected chi connectivity index (χ3v) is 5.30. The lowest BCUT2D eigenvalue weighted by molar-refractivity contribution is -0.132. The van der Waals surface area contributed by atoms with E-state index < -0.39 is 5.92 Å². The van der Waals surface area contributed by atoms with E-state index in [1.807, 2.05) is 24.3 Å². The molecule has 2 fully saturated rings. The van der Waals surface area contributed by atoms with Crippen molar-refractivity contribution in [3.05, 3.63) is 28.7 Å². The van der Waals surface area contributed by atoms with Crippen LogP contribution in [0.1, 0.15) is 19.3 Å². The number of carbonyl (C=O) groups excluding carboxylic acids is 2. The molecule has 2 unspecified atom stereocenters. The van der Waals surface area contributed by atoms with Gasteiger partial charge in [0.25, 0.3) is 0 Å². The highest BCUT2D eigenvalue weighted by Gasteiger charge is 2.38. The minimum absolute atomic E-state index is 0. The minimum Gasteiger partial charge on any atom is -0.355 e. The van der Waals surface area contributed by atoms with E-state index >= 15 is 0 Å². The molecule has 2 aliphatic rings. The van der Waals surface area contributed by atoms with Crippen molar-refractivity contribution in [1.82, 2.24) is 10.6 Å². The lowest BCUT2D eigenvalue weighted by atomic mass is 9.99. The van der Waals surface area contributed by atoms with Crippen LogP contribution in [0, 0.1) is 11.8 Å². The van der Waals surface area contributed by atoms with Crippen LogP contribution in [-0.2, 0) is 9.59 Å². The first-order valence-corrected chi connectivity index (χ1v) is 9.00. The normalized spacial score (nSPS) is 23.7.